The lowest BCUT2D eigenvalue weighted by Crippen LogP contribution is -2.46. The topological polar surface area (TPSA) is 88.1 Å². The van der Waals surface area contributed by atoms with Crippen molar-refractivity contribution in [3.05, 3.63) is 58.1 Å². The molecule has 0 saturated carbocycles. The summed E-state index contributed by atoms with van der Waals surface area (Å²) >= 11 is 11.9. The lowest BCUT2D eigenvalue weighted by molar-refractivity contribution is -0.121. The molecule has 0 aromatic heterocycles. The number of hydrogen-bond donors (Lipinski definition) is 1. The van der Waals surface area contributed by atoms with Crippen LogP contribution in [0.2, 0.25) is 10.0 Å². The van der Waals surface area contributed by atoms with E-state index >= 15 is 0 Å². The molecule has 150 valence electrons. The predicted molar refractivity (Wildman–Crippen MR) is 112 cm³/mol. The molecular formula is C18H19Cl2N3O4S. The summed E-state index contributed by atoms with van der Waals surface area (Å²) in [5.74, 6) is -0.0404. The molecule has 1 atom stereocenters. The Morgan fingerprint density at radius 1 is 1.21 bits per heavy atom. The number of carbonyl (C=O) groups is 1. The van der Waals surface area contributed by atoms with Gasteiger partial charge in [-0.15, -0.1) is 0 Å². The van der Waals surface area contributed by atoms with E-state index in [1.165, 1.54) is 20.2 Å². The number of nitrogens with zero attached hydrogens (tertiary/aromatic N) is 2. The molecule has 1 amide bonds. The quantitative estimate of drug-likeness (QED) is 0.524. The van der Waals surface area contributed by atoms with Crippen LogP contribution in [-0.2, 0) is 14.8 Å². The van der Waals surface area contributed by atoms with Gasteiger partial charge in [0.2, 0.25) is 10.0 Å². The molecule has 10 heteroatoms. The number of ether oxygens (including phenoxy) is 1. The van der Waals surface area contributed by atoms with Crippen LogP contribution >= 0.6 is 23.2 Å². The number of carbonyl (C=O) groups excluding carboxylic acids is 1. The van der Waals surface area contributed by atoms with Crippen LogP contribution in [0.3, 0.4) is 0 Å². The molecule has 0 aliphatic heterocycles. The van der Waals surface area contributed by atoms with Gasteiger partial charge in [0.15, 0.2) is 0 Å². The highest BCUT2D eigenvalue weighted by Gasteiger charge is 2.29. The first-order valence-electron chi connectivity index (χ1n) is 8.05. The Bertz CT molecular complexity index is 979. The average Bonchev–Trinajstić information content (AvgIpc) is 2.63. The zero-order chi connectivity index (χ0) is 20.9. The van der Waals surface area contributed by atoms with Gasteiger partial charge in [-0.3, -0.25) is 9.10 Å². The molecule has 2 rings (SSSR count). The Balaban J connectivity index is 2.18. The molecule has 0 heterocycles. The van der Waals surface area contributed by atoms with Gasteiger partial charge in [-0.25, -0.2) is 13.8 Å². The van der Waals surface area contributed by atoms with Crippen molar-refractivity contribution >= 4 is 51.0 Å². The normalized spacial score (nSPS) is 12.6. The number of halogens is 2. The van der Waals surface area contributed by atoms with Gasteiger partial charge >= 0.3 is 0 Å². The van der Waals surface area contributed by atoms with Crippen molar-refractivity contribution in [1.29, 1.82) is 0 Å². The third-order valence-electron chi connectivity index (χ3n) is 3.76. The fraction of sp³-hybridized carbons (Fsp3) is 0.222. The smallest absolute Gasteiger partial charge is 0.263 e. The van der Waals surface area contributed by atoms with Crippen LogP contribution in [-0.4, -0.2) is 39.9 Å². The van der Waals surface area contributed by atoms with E-state index < -0.39 is 22.0 Å². The second-order valence-electron chi connectivity index (χ2n) is 5.83. The minimum atomic E-state index is -3.73. The van der Waals surface area contributed by atoms with Gasteiger partial charge < -0.3 is 4.74 Å². The molecule has 2 aromatic rings. The summed E-state index contributed by atoms with van der Waals surface area (Å²) in [6.07, 6.45) is 2.37. The zero-order valence-corrected chi connectivity index (χ0v) is 17.7. The maximum absolute atomic E-state index is 12.4. The third-order valence-corrected chi connectivity index (χ3v) is 5.56. The van der Waals surface area contributed by atoms with Crippen LogP contribution in [0.4, 0.5) is 5.69 Å². The van der Waals surface area contributed by atoms with Gasteiger partial charge in [0.25, 0.3) is 5.91 Å². The van der Waals surface area contributed by atoms with E-state index in [2.05, 4.69) is 10.5 Å². The Morgan fingerprint density at radius 2 is 1.86 bits per heavy atom. The van der Waals surface area contributed by atoms with Crippen LogP contribution in [0, 0.1) is 0 Å². The highest BCUT2D eigenvalue weighted by molar-refractivity contribution is 7.92. The van der Waals surface area contributed by atoms with Crippen molar-refractivity contribution in [2.45, 2.75) is 13.0 Å². The number of benzene rings is 2. The second-order valence-corrected chi connectivity index (χ2v) is 8.54. The van der Waals surface area contributed by atoms with Crippen molar-refractivity contribution in [3.8, 4) is 5.75 Å². The van der Waals surface area contributed by atoms with Gasteiger partial charge in [0, 0.05) is 10.6 Å². The van der Waals surface area contributed by atoms with Crippen molar-refractivity contribution in [2.24, 2.45) is 5.10 Å². The van der Waals surface area contributed by atoms with Crippen molar-refractivity contribution in [3.63, 3.8) is 0 Å². The molecule has 0 fully saturated rings. The molecule has 0 aliphatic carbocycles. The van der Waals surface area contributed by atoms with Crippen LogP contribution in [0.15, 0.2) is 47.6 Å². The number of methoxy groups -OCH3 is 1. The van der Waals surface area contributed by atoms with E-state index in [4.69, 9.17) is 27.9 Å². The molecule has 28 heavy (non-hydrogen) atoms. The summed E-state index contributed by atoms with van der Waals surface area (Å²) in [5, 5.41) is 4.69. The molecule has 1 unspecified atom stereocenters. The highest BCUT2D eigenvalue weighted by atomic mass is 35.5. The molecule has 1 N–H and O–H groups in total. The van der Waals surface area contributed by atoms with E-state index in [9.17, 15) is 13.2 Å². The standard InChI is InChI=1S/C18H19Cl2N3O4S/c1-12(18(24)22-21-11-13-4-5-14(19)10-17(13)20)23(28(3,25)26)15-6-8-16(27-2)9-7-15/h4-12H,1-3H3,(H,22,24). The number of sulfonamides is 1. The first-order valence-corrected chi connectivity index (χ1v) is 10.7. The number of anilines is 1. The van der Waals surface area contributed by atoms with Crippen molar-refractivity contribution < 1.29 is 17.9 Å². The van der Waals surface area contributed by atoms with Crippen LogP contribution in [0.1, 0.15) is 12.5 Å². The zero-order valence-electron chi connectivity index (χ0n) is 15.4. The molecule has 0 bridgehead atoms. The average molecular weight is 444 g/mol. The summed E-state index contributed by atoms with van der Waals surface area (Å²) in [6, 6.07) is 10.1. The van der Waals surface area contributed by atoms with Crippen molar-refractivity contribution in [1.82, 2.24) is 5.43 Å². The maximum atomic E-state index is 12.4. The summed E-state index contributed by atoms with van der Waals surface area (Å²) in [7, 11) is -2.22. The summed E-state index contributed by atoms with van der Waals surface area (Å²) < 4.78 is 30.6. The molecule has 7 nitrogen and oxygen atoms in total. The largest absolute Gasteiger partial charge is 0.497 e. The van der Waals surface area contributed by atoms with E-state index in [0.717, 1.165) is 10.6 Å². The highest BCUT2D eigenvalue weighted by Crippen LogP contribution is 2.24. The number of hydrazone groups is 1. The SMILES string of the molecule is COc1ccc(N(C(C)C(=O)NN=Cc2ccc(Cl)cc2Cl)S(C)(=O)=O)cc1. The van der Waals surface area contributed by atoms with Crippen molar-refractivity contribution in [2.75, 3.05) is 17.7 Å². The number of rotatable bonds is 7. The van der Waals surface area contributed by atoms with Gasteiger partial charge in [-0.2, -0.15) is 5.10 Å². The van der Waals surface area contributed by atoms with E-state index in [1.807, 2.05) is 0 Å². The predicted octanol–water partition coefficient (Wildman–Crippen LogP) is 3.31. The molecule has 0 radical (unpaired) electrons. The first kappa shape index (κ1) is 22.0. The van der Waals surface area contributed by atoms with Crippen LogP contribution in [0.5, 0.6) is 5.75 Å². The molecule has 0 spiro atoms. The van der Waals surface area contributed by atoms with Gasteiger partial charge in [0.05, 0.1) is 30.3 Å². The minimum Gasteiger partial charge on any atom is -0.497 e. The summed E-state index contributed by atoms with van der Waals surface area (Å²) in [4.78, 5) is 12.4. The number of hydrogen-bond acceptors (Lipinski definition) is 5. The lowest BCUT2D eigenvalue weighted by Gasteiger charge is -2.27. The molecule has 2 aromatic carbocycles. The van der Waals surface area contributed by atoms with Crippen LogP contribution in [0.25, 0.3) is 0 Å². The van der Waals surface area contributed by atoms with E-state index in [-0.39, 0.29) is 0 Å². The fourth-order valence-electron chi connectivity index (χ4n) is 2.40. The monoisotopic (exact) mass is 443 g/mol. The Hall–Kier alpha value is -2.29. The number of nitrogens with one attached hydrogen (secondary N) is 1. The maximum Gasteiger partial charge on any atom is 0.263 e. The van der Waals surface area contributed by atoms with E-state index in [1.54, 1.807) is 42.5 Å². The number of amides is 1. The van der Waals surface area contributed by atoms with Crippen LogP contribution < -0.4 is 14.5 Å². The third kappa shape index (κ3) is 5.60. The minimum absolute atomic E-state index is 0.329. The Labute approximate surface area is 173 Å². The fourth-order valence-corrected chi connectivity index (χ4v) is 4.04. The molecular weight excluding hydrogens is 425 g/mol. The summed E-state index contributed by atoms with van der Waals surface area (Å²) in [6.45, 7) is 1.46. The second kappa shape index (κ2) is 9.27. The summed E-state index contributed by atoms with van der Waals surface area (Å²) in [5.41, 5.74) is 3.21. The van der Waals surface area contributed by atoms with E-state index in [0.29, 0.717) is 27.0 Å². The lowest BCUT2D eigenvalue weighted by atomic mass is 10.2. The van der Waals surface area contributed by atoms with Gasteiger partial charge in [-0.1, -0.05) is 29.3 Å². The first-order chi connectivity index (χ1) is 13.1. The van der Waals surface area contributed by atoms with Gasteiger partial charge in [-0.05, 0) is 43.3 Å². The Morgan fingerprint density at radius 3 is 2.39 bits per heavy atom. The Kier molecular flexibility index (Phi) is 7.29. The molecule has 0 saturated heterocycles. The molecule has 0 aliphatic rings. The van der Waals surface area contributed by atoms with Gasteiger partial charge in [0.1, 0.15) is 11.8 Å².